The summed E-state index contributed by atoms with van der Waals surface area (Å²) in [6, 6.07) is 1.64. The maximum absolute atomic E-state index is 11.6. The van der Waals surface area contributed by atoms with E-state index in [-0.39, 0.29) is 4.90 Å². The van der Waals surface area contributed by atoms with E-state index in [9.17, 15) is 13.0 Å². The van der Waals surface area contributed by atoms with E-state index in [1.54, 1.807) is 6.07 Å². The average molecular weight is 299 g/mol. The molecule has 0 amide bonds. The highest BCUT2D eigenvalue weighted by Gasteiger charge is 2.23. The molecule has 5 heteroatoms. The highest BCUT2D eigenvalue weighted by molar-refractivity contribution is 7.86. The number of aryl methyl sites for hydroxylation is 1. The minimum atomic E-state index is -4.14. The second kappa shape index (κ2) is 6.20. The van der Waals surface area contributed by atoms with Crippen LogP contribution in [0.1, 0.15) is 36.5 Å². The Bertz CT molecular complexity index is 563. The van der Waals surface area contributed by atoms with Gasteiger partial charge < -0.3 is 0 Å². The third kappa shape index (κ3) is 3.67. The van der Waals surface area contributed by atoms with Gasteiger partial charge in [0.05, 0.1) is 13.7 Å². The molecule has 0 aliphatic rings. The maximum atomic E-state index is 11.6. The molecular weight excluding hydrogens is 276 g/mol. The predicted molar refractivity (Wildman–Crippen MR) is 81.5 cm³/mol. The molecular formula is C14H23O3SSi. The van der Waals surface area contributed by atoms with Crippen LogP contribution in [0.15, 0.2) is 11.0 Å². The Morgan fingerprint density at radius 2 is 1.84 bits per heavy atom. The van der Waals surface area contributed by atoms with Crippen LogP contribution in [0.4, 0.5) is 0 Å². The van der Waals surface area contributed by atoms with E-state index in [2.05, 4.69) is 20.0 Å². The Hall–Kier alpha value is -0.653. The Kier molecular flexibility index (Phi) is 5.35. The zero-order valence-corrected chi connectivity index (χ0v) is 14.2. The van der Waals surface area contributed by atoms with Crippen molar-refractivity contribution < 1.29 is 13.0 Å². The van der Waals surface area contributed by atoms with Gasteiger partial charge in [-0.05, 0) is 54.6 Å². The summed E-state index contributed by atoms with van der Waals surface area (Å²) in [5.41, 5.74) is 3.26. The van der Waals surface area contributed by atoms with E-state index in [4.69, 9.17) is 0 Å². The Morgan fingerprint density at radius 1 is 1.26 bits per heavy atom. The number of unbranched alkanes of at least 4 members (excludes halogenated alkanes) is 1. The SMILES string of the molecule is CCCCc1c(C)cc(S(=O)(=O)O)c([Si](C)C)c1C. The summed E-state index contributed by atoms with van der Waals surface area (Å²) >= 11 is 0. The van der Waals surface area contributed by atoms with E-state index in [0.717, 1.165) is 35.6 Å². The fourth-order valence-corrected chi connectivity index (χ4v) is 5.75. The summed E-state index contributed by atoms with van der Waals surface area (Å²) in [5.74, 6) is 0. The van der Waals surface area contributed by atoms with E-state index >= 15 is 0 Å². The first kappa shape index (κ1) is 16.4. The van der Waals surface area contributed by atoms with E-state index in [0.29, 0.717) is 0 Å². The molecule has 1 rings (SSSR count). The van der Waals surface area contributed by atoms with Crippen molar-refractivity contribution in [3.63, 3.8) is 0 Å². The Labute approximate surface area is 118 Å². The molecule has 0 saturated carbocycles. The van der Waals surface area contributed by atoms with Crippen LogP contribution in [-0.4, -0.2) is 21.8 Å². The minimum Gasteiger partial charge on any atom is -0.282 e. The summed E-state index contributed by atoms with van der Waals surface area (Å²) in [7, 11) is -5.09. The zero-order valence-electron chi connectivity index (χ0n) is 12.4. The van der Waals surface area contributed by atoms with Crippen LogP contribution in [-0.2, 0) is 16.5 Å². The molecule has 0 aliphatic heterocycles. The van der Waals surface area contributed by atoms with Gasteiger partial charge >= 0.3 is 0 Å². The second-order valence-electron chi connectivity index (χ2n) is 5.25. The van der Waals surface area contributed by atoms with Crippen molar-refractivity contribution in [1.82, 2.24) is 0 Å². The zero-order chi connectivity index (χ0) is 14.8. The van der Waals surface area contributed by atoms with Gasteiger partial charge in [0.2, 0.25) is 0 Å². The first-order valence-electron chi connectivity index (χ1n) is 6.61. The molecule has 1 N–H and O–H groups in total. The number of hydrogen-bond donors (Lipinski definition) is 1. The predicted octanol–water partition coefficient (Wildman–Crippen LogP) is 2.85. The van der Waals surface area contributed by atoms with E-state index in [1.807, 2.05) is 13.8 Å². The molecule has 0 unspecified atom stereocenters. The van der Waals surface area contributed by atoms with Gasteiger partial charge in [-0.25, -0.2) is 0 Å². The molecule has 0 heterocycles. The summed E-state index contributed by atoms with van der Waals surface area (Å²) in [6.45, 7) is 10.2. The highest BCUT2D eigenvalue weighted by atomic mass is 32.2. The third-order valence-electron chi connectivity index (χ3n) is 3.46. The topological polar surface area (TPSA) is 54.4 Å². The normalized spacial score (nSPS) is 12.2. The lowest BCUT2D eigenvalue weighted by Gasteiger charge is -2.19. The quantitative estimate of drug-likeness (QED) is 0.672. The highest BCUT2D eigenvalue weighted by Crippen LogP contribution is 2.21. The van der Waals surface area contributed by atoms with Gasteiger partial charge in [0, 0.05) is 0 Å². The van der Waals surface area contributed by atoms with Gasteiger partial charge in [-0.3, -0.25) is 4.55 Å². The maximum Gasteiger partial charge on any atom is 0.294 e. The molecule has 0 fully saturated rings. The largest absolute Gasteiger partial charge is 0.294 e. The third-order valence-corrected chi connectivity index (χ3v) is 6.16. The Morgan fingerprint density at radius 3 is 2.26 bits per heavy atom. The number of hydrogen-bond acceptors (Lipinski definition) is 2. The summed E-state index contributed by atoms with van der Waals surface area (Å²) in [4.78, 5) is 0.113. The number of rotatable bonds is 5. The molecule has 0 aliphatic carbocycles. The van der Waals surface area contributed by atoms with Crippen molar-refractivity contribution in [2.75, 3.05) is 0 Å². The van der Waals surface area contributed by atoms with Crippen molar-refractivity contribution in [2.45, 2.75) is 58.0 Å². The van der Waals surface area contributed by atoms with Crippen molar-refractivity contribution in [1.29, 1.82) is 0 Å². The monoisotopic (exact) mass is 299 g/mol. The molecule has 0 atom stereocenters. The molecule has 1 radical (unpaired) electrons. The molecule has 0 saturated heterocycles. The first-order chi connectivity index (χ1) is 8.70. The van der Waals surface area contributed by atoms with Crippen molar-refractivity contribution in [2.24, 2.45) is 0 Å². The van der Waals surface area contributed by atoms with Crippen LogP contribution in [0.5, 0.6) is 0 Å². The van der Waals surface area contributed by atoms with Gasteiger partial charge in [0.15, 0.2) is 0 Å². The van der Waals surface area contributed by atoms with Crippen LogP contribution in [0, 0.1) is 13.8 Å². The van der Waals surface area contributed by atoms with Crippen LogP contribution in [0.25, 0.3) is 0 Å². The molecule has 107 valence electrons. The van der Waals surface area contributed by atoms with E-state index < -0.39 is 18.9 Å². The lowest BCUT2D eigenvalue weighted by molar-refractivity contribution is 0.483. The molecule has 3 nitrogen and oxygen atoms in total. The van der Waals surface area contributed by atoms with Crippen LogP contribution in [0.3, 0.4) is 0 Å². The van der Waals surface area contributed by atoms with Crippen LogP contribution >= 0.6 is 0 Å². The molecule has 0 aromatic heterocycles. The summed E-state index contributed by atoms with van der Waals surface area (Å²) < 4.78 is 32.5. The first-order valence-corrected chi connectivity index (χ1v) is 10.5. The summed E-state index contributed by atoms with van der Waals surface area (Å²) in [6.07, 6.45) is 3.19. The van der Waals surface area contributed by atoms with Gasteiger partial charge in [-0.1, -0.05) is 26.4 Å². The standard InChI is InChI=1S/C14H23O3SSi/c1-6-7-8-12-10(2)9-13(18(15,16)17)14(11(12)3)19(4)5/h9H,6-8H2,1-5H3,(H,15,16,17). The second-order valence-corrected chi connectivity index (χ2v) is 9.14. The lowest BCUT2D eigenvalue weighted by Crippen LogP contribution is -2.32. The van der Waals surface area contributed by atoms with Gasteiger partial charge in [0.25, 0.3) is 10.1 Å². The molecule has 1 aromatic rings. The van der Waals surface area contributed by atoms with Gasteiger partial charge in [0.1, 0.15) is 0 Å². The number of benzene rings is 1. The van der Waals surface area contributed by atoms with Gasteiger partial charge in [-0.15, -0.1) is 0 Å². The van der Waals surface area contributed by atoms with Crippen molar-refractivity contribution in [3.8, 4) is 0 Å². The smallest absolute Gasteiger partial charge is 0.282 e. The van der Waals surface area contributed by atoms with Crippen molar-refractivity contribution >= 4 is 24.1 Å². The van der Waals surface area contributed by atoms with Gasteiger partial charge in [-0.2, -0.15) is 8.42 Å². The lowest BCUT2D eigenvalue weighted by atomic mass is 9.98. The molecule has 0 bridgehead atoms. The fourth-order valence-electron chi connectivity index (χ4n) is 2.55. The molecule has 0 spiro atoms. The molecule has 1 aromatic carbocycles. The fraction of sp³-hybridized carbons (Fsp3) is 0.571. The Balaban J connectivity index is 3.55. The minimum absolute atomic E-state index is 0.113. The van der Waals surface area contributed by atoms with Crippen LogP contribution in [0.2, 0.25) is 13.1 Å². The summed E-state index contributed by atoms with van der Waals surface area (Å²) in [5, 5.41) is 0.851. The van der Waals surface area contributed by atoms with Crippen molar-refractivity contribution in [3.05, 3.63) is 22.8 Å². The average Bonchev–Trinajstić information content (AvgIpc) is 2.26. The molecule has 19 heavy (non-hydrogen) atoms. The van der Waals surface area contributed by atoms with Crippen LogP contribution < -0.4 is 5.19 Å². The van der Waals surface area contributed by atoms with E-state index in [1.165, 1.54) is 5.56 Å².